The highest BCUT2D eigenvalue weighted by Gasteiger charge is 2.13. The van der Waals surface area contributed by atoms with Crippen molar-refractivity contribution in [1.29, 1.82) is 0 Å². The summed E-state index contributed by atoms with van der Waals surface area (Å²) >= 11 is 0. The molecule has 0 bridgehead atoms. The van der Waals surface area contributed by atoms with Gasteiger partial charge in [-0.3, -0.25) is 4.79 Å². The normalized spacial score (nSPS) is 10.8. The van der Waals surface area contributed by atoms with Gasteiger partial charge in [0.1, 0.15) is 11.1 Å². The van der Waals surface area contributed by atoms with Crippen LogP contribution in [0.1, 0.15) is 24.2 Å². The van der Waals surface area contributed by atoms with E-state index in [1.807, 2.05) is 18.2 Å². The predicted octanol–water partition coefficient (Wildman–Crippen LogP) is 1.78. The smallest absolute Gasteiger partial charge is 0.347 e. The molecular formula is C15H18N2O3. The van der Waals surface area contributed by atoms with Gasteiger partial charge in [0.2, 0.25) is 0 Å². The first-order chi connectivity index (χ1) is 9.60. The number of carbonyl (C=O) groups excluding carboxylic acids is 1. The highest BCUT2D eigenvalue weighted by atomic mass is 16.4. The van der Waals surface area contributed by atoms with Crippen LogP contribution in [0.5, 0.6) is 0 Å². The Bertz CT molecular complexity index is 687. The molecule has 2 rings (SSSR count). The van der Waals surface area contributed by atoms with Gasteiger partial charge in [0, 0.05) is 30.2 Å². The summed E-state index contributed by atoms with van der Waals surface area (Å²) in [7, 11) is 0. The Balaban J connectivity index is 2.55. The maximum absolute atomic E-state index is 11.8. The Kier molecular flexibility index (Phi) is 4.20. The summed E-state index contributed by atoms with van der Waals surface area (Å²) in [5.74, 6) is -0.409. The molecule has 1 aromatic carbocycles. The van der Waals surface area contributed by atoms with Crippen LogP contribution < -0.4 is 16.3 Å². The van der Waals surface area contributed by atoms with Crippen molar-refractivity contribution in [2.24, 2.45) is 5.73 Å². The van der Waals surface area contributed by atoms with Gasteiger partial charge >= 0.3 is 5.63 Å². The lowest BCUT2D eigenvalue weighted by atomic mass is 10.1. The van der Waals surface area contributed by atoms with Gasteiger partial charge in [0.25, 0.3) is 0 Å². The molecule has 1 heterocycles. The molecule has 5 heteroatoms. The molecule has 2 N–H and O–H groups in total. The summed E-state index contributed by atoms with van der Waals surface area (Å²) in [5.41, 5.74) is 6.12. The molecule has 2 aromatic rings. The molecular weight excluding hydrogens is 256 g/mol. The number of nitrogens with two attached hydrogens (primary N) is 1. The molecule has 106 valence electrons. The first-order valence-corrected chi connectivity index (χ1v) is 6.66. The van der Waals surface area contributed by atoms with E-state index in [0.29, 0.717) is 5.58 Å². The van der Waals surface area contributed by atoms with E-state index in [0.717, 1.165) is 24.2 Å². The van der Waals surface area contributed by atoms with Crippen LogP contribution in [0.3, 0.4) is 0 Å². The lowest BCUT2D eigenvalue weighted by Gasteiger charge is -2.20. The molecule has 0 atom stereocenters. The topological polar surface area (TPSA) is 76.5 Å². The van der Waals surface area contributed by atoms with Gasteiger partial charge in [-0.15, -0.1) is 0 Å². The maximum Gasteiger partial charge on any atom is 0.347 e. The molecule has 0 fully saturated rings. The fourth-order valence-corrected chi connectivity index (χ4v) is 2.19. The van der Waals surface area contributed by atoms with Crippen molar-refractivity contribution in [3.8, 4) is 0 Å². The fraction of sp³-hybridized carbons (Fsp3) is 0.333. The van der Waals surface area contributed by atoms with Crippen LogP contribution in [-0.2, 0) is 0 Å². The van der Waals surface area contributed by atoms with Gasteiger partial charge in [0.05, 0.1) is 6.54 Å². The van der Waals surface area contributed by atoms with E-state index in [4.69, 9.17) is 10.2 Å². The Labute approximate surface area is 117 Å². The molecule has 20 heavy (non-hydrogen) atoms. The number of anilines is 1. The minimum absolute atomic E-state index is 0.00980. The third-order valence-electron chi connectivity index (χ3n) is 3.33. The summed E-state index contributed by atoms with van der Waals surface area (Å²) in [5, 5.41) is 0.720. The second-order valence-electron chi connectivity index (χ2n) is 4.47. The number of hydrogen-bond acceptors (Lipinski definition) is 5. The van der Waals surface area contributed by atoms with Crippen molar-refractivity contribution in [3.05, 3.63) is 40.2 Å². The zero-order chi connectivity index (χ0) is 14.7. The van der Waals surface area contributed by atoms with Crippen molar-refractivity contribution >= 4 is 22.4 Å². The van der Waals surface area contributed by atoms with E-state index in [1.54, 1.807) is 6.07 Å². The van der Waals surface area contributed by atoms with Crippen molar-refractivity contribution in [2.45, 2.75) is 13.8 Å². The van der Waals surface area contributed by atoms with Crippen LogP contribution in [0.15, 0.2) is 33.5 Å². The Morgan fingerprint density at radius 3 is 2.55 bits per heavy atom. The van der Waals surface area contributed by atoms with Crippen molar-refractivity contribution in [3.63, 3.8) is 0 Å². The number of benzene rings is 1. The van der Waals surface area contributed by atoms with Crippen LogP contribution in [0.4, 0.5) is 5.69 Å². The highest BCUT2D eigenvalue weighted by molar-refractivity contribution is 5.99. The lowest BCUT2D eigenvalue weighted by Crippen LogP contribution is -2.22. The minimum atomic E-state index is -0.635. The van der Waals surface area contributed by atoms with Gasteiger partial charge in [-0.05, 0) is 32.0 Å². The Morgan fingerprint density at radius 2 is 1.95 bits per heavy atom. The van der Waals surface area contributed by atoms with Crippen molar-refractivity contribution in [2.75, 3.05) is 24.5 Å². The first kappa shape index (κ1) is 14.3. The van der Waals surface area contributed by atoms with Crippen LogP contribution >= 0.6 is 0 Å². The quantitative estimate of drug-likeness (QED) is 0.664. The van der Waals surface area contributed by atoms with E-state index in [-0.39, 0.29) is 12.1 Å². The molecule has 0 amide bonds. The average Bonchev–Trinajstić information content (AvgIpc) is 2.47. The van der Waals surface area contributed by atoms with Gasteiger partial charge in [-0.25, -0.2) is 4.79 Å². The molecule has 0 unspecified atom stereocenters. The second kappa shape index (κ2) is 5.88. The van der Waals surface area contributed by atoms with Gasteiger partial charge in [-0.1, -0.05) is 0 Å². The number of Topliss-reactive ketones (excluding diaryl/α,β-unsaturated/α-hetero) is 1. The monoisotopic (exact) mass is 274 g/mol. The summed E-state index contributed by atoms with van der Waals surface area (Å²) in [4.78, 5) is 25.5. The minimum Gasteiger partial charge on any atom is -0.422 e. The first-order valence-electron chi connectivity index (χ1n) is 6.66. The Hall–Kier alpha value is -2.14. The summed E-state index contributed by atoms with van der Waals surface area (Å²) in [6.07, 6.45) is 0. The maximum atomic E-state index is 11.8. The van der Waals surface area contributed by atoms with Crippen molar-refractivity contribution in [1.82, 2.24) is 0 Å². The second-order valence-corrected chi connectivity index (χ2v) is 4.47. The molecule has 0 spiro atoms. The summed E-state index contributed by atoms with van der Waals surface area (Å²) in [6.45, 7) is 5.67. The highest BCUT2D eigenvalue weighted by Crippen LogP contribution is 2.21. The summed E-state index contributed by atoms with van der Waals surface area (Å²) in [6, 6.07) is 7.16. The van der Waals surface area contributed by atoms with Gasteiger partial charge in [-0.2, -0.15) is 0 Å². The molecule has 0 radical (unpaired) electrons. The fourth-order valence-electron chi connectivity index (χ4n) is 2.19. The third-order valence-corrected chi connectivity index (χ3v) is 3.33. The van der Waals surface area contributed by atoms with Crippen molar-refractivity contribution < 1.29 is 9.21 Å². The van der Waals surface area contributed by atoms with Crippen LogP contribution in [0, 0.1) is 0 Å². The largest absolute Gasteiger partial charge is 0.422 e. The third kappa shape index (κ3) is 2.58. The zero-order valence-corrected chi connectivity index (χ0v) is 11.7. The summed E-state index contributed by atoms with van der Waals surface area (Å²) < 4.78 is 5.24. The number of fused-ring (bicyclic) bond motifs is 1. The van der Waals surface area contributed by atoms with E-state index >= 15 is 0 Å². The van der Waals surface area contributed by atoms with E-state index in [9.17, 15) is 9.59 Å². The number of hydrogen-bond donors (Lipinski definition) is 1. The zero-order valence-electron chi connectivity index (χ0n) is 11.7. The van der Waals surface area contributed by atoms with E-state index in [1.165, 1.54) is 0 Å². The number of nitrogens with zero attached hydrogens (tertiary/aromatic N) is 1. The predicted molar refractivity (Wildman–Crippen MR) is 79.4 cm³/mol. The van der Waals surface area contributed by atoms with Gasteiger partial charge in [0.15, 0.2) is 5.78 Å². The SMILES string of the molecule is CCN(CC)c1ccc2cc(C(=O)CN)c(=O)oc2c1. The van der Waals surface area contributed by atoms with E-state index < -0.39 is 11.4 Å². The number of ketones is 1. The molecule has 0 aliphatic carbocycles. The average molecular weight is 274 g/mol. The molecule has 0 saturated carbocycles. The number of rotatable bonds is 5. The number of carbonyl (C=O) groups is 1. The molecule has 1 aromatic heterocycles. The molecule has 0 aliphatic heterocycles. The standard InChI is InChI=1S/C15H18N2O3/c1-3-17(4-2)11-6-5-10-7-12(13(18)9-16)15(19)20-14(10)8-11/h5-8H,3-4,9,16H2,1-2H3. The van der Waals surface area contributed by atoms with Gasteiger partial charge < -0.3 is 15.1 Å². The molecule has 0 saturated heterocycles. The van der Waals surface area contributed by atoms with Crippen LogP contribution in [0.2, 0.25) is 0 Å². The van der Waals surface area contributed by atoms with E-state index in [2.05, 4.69) is 18.7 Å². The lowest BCUT2D eigenvalue weighted by molar-refractivity contribution is 0.0998. The molecule has 5 nitrogen and oxygen atoms in total. The molecule has 0 aliphatic rings. The van der Waals surface area contributed by atoms with Crippen LogP contribution in [0.25, 0.3) is 11.0 Å². The van der Waals surface area contributed by atoms with Crippen LogP contribution in [-0.4, -0.2) is 25.4 Å². The Morgan fingerprint density at radius 1 is 1.25 bits per heavy atom.